The van der Waals surface area contributed by atoms with E-state index in [0.29, 0.717) is 41.6 Å². The van der Waals surface area contributed by atoms with Crippen molar-refractivity contribution in [3.8, 4) is 17.2 Å². The van der Waals surface area contributed by atoms with Crippen LogP contribution in [0.5, 0.6) is 17.2 Å². The van der Waals surface area contributed by atoms with Crippen molar-refractivity contribution in [2.45, 2.75) is 71.6 Å². The largest absolute Gasteiger partial charge is 0.507 e. The van der Waals surface area contributed by atoms with Gasteiger partial charge in [-0.2, -0.15) is 0 Å². The Bertz CT molecular complexity index is 1490. The highest BCUT2D eigenvalue weighted by Crippen LogP contribution is 2.64. The average Bonchev–Trinajstić information content (AvgIpc) is 3.34. The topological polar surface area (TPSA) is 110 Å². The maximum Gasteiger partial charge on any atom is 0.303 e. The highest BCUT2D eigenvalue weighted by atomic mass is 16.5. The summed E-state index contributed by atoms with van der Waals surface area (Å²) in [6.07, 6.45) is 14.3. The van der Waals surface area contributed by atoms with Gasteiger partial charge in [0, 0.05) is 30.4 Å². The van der Waals surface area contributed by atoms with E-state index in [4.69, 9.17) is 14.6 Å². The normalized spacial score (nSPS) is 30.2. The molecule has 7 nitrogen and oxygen atoms in total. The number of carbonyl (C=O) groups is 3. The molecule has 7 heteroatoms. The lowest BCUT2D eigenvalue weighted by atomic mass is 9.47. The van der Waals surface area contributed by atoms with Crippen LogP contribution in [0.4, 0.5) is 0 Å². The van der Waals surface area contributed by atoms with Gasteiger partial charge >= 0.3 is 5.97 Å². The minimum Gasteiger partial charge on any atom is -0.507 e. The number of ketones is 2. The third-order valence-electron chi connectivity index (χ3n) is 11.4. The number of ether oxygens (including phenoxy) is 2. The molecule has 2 aromatic rings. The van der Waals surface area contributed by atoms with E-state index < -0.39 is 5.97 Å². The molecule has 6 atom stereocenters. The van der Waals surface area contributed by atoms with E-state index in [1.165, 1.54) is 38.4 Å². The molecule has 0 radical (unpaired) electrons. The first-order valence-electron chi connectivity index (χ1n) is 16.2. The molecule has 6 unspecified atom stereocenters. The van der Waals surface area contributed by atoms with Crippen molar-refractivity contribution in [1.29, 1.82) is 0 Å². The SMILES string of the molecule is CC12CCC3C(CC=C4CC(CC(=O)O)CCC43C)C1CCC2=O.COc1cc(O)c(C(=O)C=Cc2ccccc2)c(OC)c1. The van der Waals surface area contributed by atoms with Gasteiger partial charge in [-0.3, -0.25) is 14.4 Å². The first-order chi connectivity index (χ1) is 21.5. The molecule has 4 aliphatic rings. The molecule has 2 aromatic carbocycles. The molecule has 2 N–H and O–H groups in total. The van der Waals surface area contributed by atoms with Crippen LogP contribution < -0.4 is 9.47 Å². The Labute approximate surface area is 266 Å². The van der Waals surface area contributed by atoms with Gasteiger partial charge in [0.15, 0.2) is 5.78 Å². The first kappa shape index (κ1) is 32.5. The number of aromatic hydroxyl groups is 1. The quantitative estimate of drug-likeness (QED) is 0.185. The van der Waals surface area contributed by atoms with Gasteiger partial charge in [0.1, 0.15) is 28.6 Å². The number of carbonyl (C=O) groups excluding carboxylic acids is 2. The van der Waals surface area contributed by atoms with Crippen LogP contribution in [0.15, 0.2) is 60.2 Å². The highest BCUT2D eigenvalue weighted by Gasteiger charge is 2.58. The maximum atomic E-state index is 12.4. The number of Topliss-reactive ketones (excluding diaryl/α,β-unsaturated/α-hetero) is 1. The van der Waals surface area contributed by atoms with E-state index in [9.17, 15) is 19.5 Å². The molecule has 0 aromatic heterocycles. The molecule has 6 rings (SSSR count). The summed E-state index contributed by atoms with van der Waals surface area (Å²) in [7, 11) is 2.91. The van der Waals surface area contributed by atoms with E-state index in [2.05, 4.69) is 19.9 Å². The van der Waals surface area contributed by atoms with Gasteiger partial charge in [-0.05, 0) is 85.7 Å². The molecule has 240 valence electrons. The van der Waals surface area contributed by atoms with Crippen molar-refractivity contribution in [3.05, 3.63) is 71.3 Å². The molecule has 0 amide bonds. The smallest absolute Gasteiger partial charge is 0.303 e. The fourth-order valence-electron chi connectivity index (χ4n) is 8.85. The van der Waals surface area contributed by atoms with Crippen LogP contribution in [-0.4, -0.2) is 42.0 Å². The van der Waals surface area contributed by atoms with Crippen LogP contribution in [0, 0.1) is 34.5 Å². The van der Waals surface area contributed by atoms with Crippen LogP contribution in [0.2, 0.25) is 0 Å². The number of allylic oxidation sites excluding steroid dienone is 3. The number of fused-ring (bicyclic) bond motifs is 5. The van der Waals surface area contributed by atoms with Crippen LogP contribution >= 0.6 is 0 Å². The Morgan fingerprint density at radius 1 is 0.978 bits per heavy atom. The van der Waals surface area contributed by atoms with Gasteiger partial charge in [-0.15, -0.1) is 0 Å². The molecule has 4 aliphatic carbocycles. The number of phenols is 1. The second-order valence-electron chi connectivity index (χ2n) is 13.7. The number of hydrogen-bond acceptors (Lipinski definition) is 6. The Kier molecular flexibility index (Phi) is 9.57. The number of benzene rings is 2. The number of hydrogen-bond donors (Lipinski definition) is 2. The second-order valence-corrected chi connectivity index (χ2v) is 13.7. The summed E-state index contributed by atoms with van der Waals surface area (Å²) in [5.41, 5.74) is 2.76. The fourth-order valence-corrected chi connectivity index (χ4v) is 8.85. The number of rotatable bonds is 7. The first-order valence-corrected chi connectivity index (χ1v) is 16.2. The van der Waals surface area contributed by atoms with E-state index in [1.807, 2.05) is 30.3 Å². The molecule has 3 saturated carbocycles. The molecule has 3 fully saturated rings. The zero-order chi connectivity index (χ0) is 32.4. The van der Waals surface area contributed by atoms with Gasteiger partial charge in [-0.25, -0.2) is 0 Å². The van der Waals surface area contributed by atoms with Crippen molar-refractivity contribution >= 4 is 23.6 Å². The number of carboxylic acids is 1. The minimum atomic E-state index is -0.657. The zero-order valence-electron chi connectivity index (χ0n) is 26.9. The molecule has 0 spiro atoms. The van der Waals surface area contributed by atoms with Crippen molar-refractivity contribution < 1.29 is 34.1 Å². The van der Waals surface area contributed by atoms with Crippen molar-refractivity contribution in [3.63, 3.8) is 0 Å². The number of aliphatic carboxylic acids is 1. The van der Waals surface area contributed by atoms with Crippen LogP contribution in [0.25, 0.3) is 6.08 Å². The summed E-state index contributed by atoms with van der Waals surface area (Å²) >= 11 is 0. The standard InChI is InChI=1S/C21H30O3.C17H16O4/c1-20-9-7-13(12-19(23)24)11-14(20)3-4-15-16-5-6-18(22)21(16,2)10-8-17(15)20;1-20-13-10-15(19)17(16(11-13)21-2)14(18)9-8-12-6-4-3-5-7-12/h3,13,15-17H,4-12H2,1-2H3,(H,23,24);3-11,19H,1-2H3. The summed E-state index contributed by atoms with van der Waals surface area (Å²) in [6, 6.07) is 12.4. The Hall–Kier alpha value is -3.87. The predicted molar refractivity (Wildman–Crippen MR) is 173 cm³/mol. The molecule has 0 bridgehead atoms. The van der Waals surface area contributed by atoms with Crippen LogP contribution in [-0.2, 0) is 9.59 Å². The number of phenolic OH excluding ortho intramolecular Hbond substituents is 1. The summed E-state index contributed by atoms with van der Waals surface area (Å²) in [4.78, 5) is 35.8. The van der Waals surface area contributed by atoms with Gasteiger partial charge in [0.25, 0.3) is 0 Å². The van der Waals surface area contributed by atoms with E-state index in [1.54, 1.807) is 12.1 Å². The highest BCUT2D eigenvalue weighted by molar-refractivity contribution is 6.10. The molecular weight excluding hydrogens is 568 g/mol. The lowest BCUT2D eigenvalue weighted by Crippen LogP contribution is -2.50. The molecule has 0 saturated heterocycles. The number of carboxylic acid groups (broad SMARTS) is 1. The van der Waals surface area contributed by atoms with E-state index in [0.717, 1.165) is 50.5 Å². The fraction of sp³-hybridized carbons (Fsp3) is 0.500. The van der Waals surface area contributed by atoms with Crippen molar-refractivity contribution in [2.75, 3.05) is 14.2 Å². The maximum absolute atomic E-state index is 12.4. The average molecular weight is 615 g/mol. The molecular formula is C38H46O7. The molecule has 0 aliphatic heterocycles. The van der Waals surface area contributed by atoms with Crippen LogP contribution in [0.3, 0.4) is 0 Å². The Morgan fingerprint density at radius 3 is 2.38 bits per heavy atom. The second kappa shape index (κ2) is 13.2. The third kappa shape index (κ3) is 6.45. The molecule has 0 heterocycles. The Balaban J connectivity index is 0.000000180. The van der Waals surface area contributed by atoms with E-state index >= 15 is 0 Å². The van der Waals surface area contributed by atoms with Gasteiger partial charge in [0.05, 0.1) is 14.2 Å². The Morgan fingerprint density at radius 2 is 1.69 bits per heavy atom. The third-order valence-corrected chi connectivity index (χ3v) is 11.4. The number of methoxy groups -OCH3 is 2. The van der Waals surface area contributed by atoms with Crippen LogP contribution in [0.1, 0.15) is 87.6 Å². The monoisotopic (exact) mass is 614 g/mol. The summed E-state index contributed by atoms with van der Waals surface area (Å²) in [5, 5.41) is 19.1. The predicted octanol–water partition coefficient (Wildman–Crippen LogP) is 7.91. The van der Waals surface area contributed by atoms with Gasteiger partial charge in [0.2, 0.25) is 0 Å². The lowest BCUT2D eigenvalue weighted by molar-refractivity contribution is -0.138. The zero-order valence-corrected chi connectivity index (χ0v) is 26.9. The van der Waals surface area contributed by atoms with Gasteiger partial charge < -0.3 is 19.7 Å². The van der Waals surface area contributed by atoms with Gasteiger partial charge in [-0.1, -0.05) is 61.9 Å². The van der Waals surface area contributed by atoms with E-state index in [-0.39, 0.29) is 33.7 Å². The minimum absolute atomic E-state index is 0.0522. The summed E-state index contributed by atoms with van der Waals surface area (Å²) < 4.78 is 10.2. The molecule has 45 heavy (non-hydrogen) atoms. The summed E-state index contributed by atoms with van der Waals surface area (Å²) in [6.45, 7) is 4.67. The van der Waals surface area contributed by atoms with Crippen molar-refractivity contribution in [1.82, 2.24) is 0 Å². The lowest BCUT2D eigenvalue weighted by Gasteiger charge is -2.57. The van der Waals surface area contributed by atoms with Crippen molar-refractivity contribution in [2.24, 2.45) is 34.5 Å². The summed E-state index contributed by atoms with van der Waals surface area (Å²) in [5.74, 6) is 2.31.